The molecular weight excluding hydrogens is 404 g/mol. The predicted octanol–water partition coefficient (Wildman–Crippen LogP) is 3.30. The lowest BCUT2D eigenvalue weighted by molar-refractivity contribution is 0.0726. The van der Waals surface area contributed by atoms with Crippen LogP contribution in [0, 0.1) is 0 Å². The van der Waals surface area contributed by atoms with E-state index in [2.05, 4.69) is 25.1 Å². The zero-order chi connectivity index (χ0) is 21.7. The summed E-state index contributed by atoms with van der Waals surface area (Å²) in [6.45, 7) is 1.62. The van der Waals surface area contributed by atoms with Crippen LogP contribution in [0.5, 0.6) is 0 Å². The fourth-order valence-corrected chi connectivity index (χ4v) is 4.53. The lowest BCUT2D eigenvalue weighted by atomic mass is 10.0. The van der Waals surface area contributed by atoms with Crippen LogP contribution in [0.3, 0.4) is 0 Å². The molecule has 1 aliphatic heterocycles. The Kier molecular flexibility index (Phi) is 4.27. The maximum absolute atomic E-state index is 13.2. The Labute approximate surface area is 183 Å². The van der Waals surface area contributed by atoms with E-state index in [4.69, 9.17) is 0 Å². The zero-order valence-corrected chi connectivity index (χ0v) is 17.7. The van der Waals surface area contributed by atoms with Crippen LogP contribution >= 0.6 is 0 Å². The van der Waals surface area contributed by atoms with Crippen molar-refractivity contribution in [2.24, 2.45) is 7.05 Å². The van der Waals surface area contributed by atoms with Gasteiger partial charge in [-0.1, -0.05) is 0 Å². The summed E-state index contributed by atoms with van der Waals surface area (Å²) in [5.74, 6) is 0.0511. The van der Waals surface area contributed by atoms with E-state index in [9.17, 15) is 4.79 Å². The molecule has 6 rings (SSSR count). The third-order valence-corrected chi connectivity index (χ3v) is 6.15. The number of aromatic amines is 1. The molecule has 1 amide bonds. The fraction of sp³-hybridized carbons (Fsp3) is 0.261. The number of hydrogen-bond donors (Lipinski definition) is 1. The summed E-state index contributed by atoms with van der Waals surface area (Å²) in [7, 11) is 1.88. The van der Waals surface area contributed by atoms with E-state index in [1.807, 2.05) is 42.7 Å². The Bertz CT molecular complexity index is 1450. The van der Waals surface area contributed by atoms with Crippen LogP contribution in [0.2, 0.25) is 0 Å². The molecule has 0 radical (unpaired) electrons. The molecule has 32 heavy (non-hydrogen) atoms. The number of aryl methyl sites for hydroxylation is 1. The van der Waals surface area contributed by atoms with Crippen molar-refractivity contribution in [3.63, 3.8) is 0 Å². The molecule has 0 aromatic carbocycles. The maximum Gasteiger partial charge on any atom is 0.257 e. The van der Waals surface area contributed by atoms with Crippen LogP contribution in [0.25, 0.3) is 38.9 Å². The van der Waals surface area contributed by atoms with E-state index in [1.165, 1.54) is 6.42 Å². The average molecular weight is 426 g/mol. The van der Waals surface area contributed by atoms with Gasteiger partial charge in [0.25, 0.3) is 5.91 Å². The standard InChI is InChI=1S/C23H22N8O/c1-29-13-16(10-27-29)21-20-17(11-24-22(20)26-14-25-21)15-5-8-31-19(9-15)18(12-28-31)23(32)30-6-3-2-4-7-30/h5,8-14H,2-4,6-7H2,1H3,(H,24,25,26). The number of rotatable bonds is 3. The Balaban J connectivity index is 1.48. The van der Waals surface area contributed by atoms with Crippen molar-refractivity contribution in [3.8, 4) is 22.4 Å². The topological polar surface area (TPSA) is 97.0 Å². The molecule has 1 saturated heterocycles. The van der Waals surface area contributed by atoms with Gasteiger partial charge in [-0.3, -0.25) is 9.48 Å². The number of aromatic nitrogens is 7. The van der Waals surface area contributed by atoms with Crippen molar-refractivity contribution in [1.29, 1.82) is 0 Å². The van der Waals surface area contributed by atoms with Crippen LogP contribution in [0.1, 0.15) is 29.6 Å². The smallest absolute Gasteiger partial charge is 0.257 e. The summed E-state index contributed by atoms with van der Waals surface area (Å²) in [4.78, 5) is 27.3. The summed E-state index contributed by atoms with van der Waals surface area (Å²) in [6.07, 6.45) is 14.1. The van der Waals surface area contributed by atoms with Gasteiger partial charge >= 0.3 is 0 Å². The predicted molar refractivity (Wildman–Crippen MR) is 120 cm³/mol. The molecular formula is C23H22N8O. The van der Waals surface area contributed by atoms with E-state index >= 15 is 0 Å². The first-order valence-electron chi connectivity index (χ1n) is 10.8. The van der Waals surface area contributed by atoms with E-state index in [-0.39, 0.29) is 5.91 Å². The van der Waals surface area contributed by atoms with Gasteiger partial charge in [-0.25, -0.2) is 14.5 Å². The summed E-state index contributed by atoms with van der Waals surface area (Å²) in [5, 5.41) is 9.63. The number of pyridine rings is 1. The van der Waals surface area contributed by atoms with Crippen molar-refractivity contribution < 1.29 is 4.79 Å². The highest BCUT2D eigenvalue weighted by molar-refractivity contribution is 6.04. The van der Waals surface area contributed by atoms with E-state index in [0.29, 0.717) is 5.56 Å². The van der Waals surface area contributed by atoms with Crippen LogP contribution in [0.4, 0.5) is 0 Å². The summed E-state index contributed by atoms with van der Waals surface area (Å²) < 4.78 is 3.51. The highest BCUT2D eigenvalue weighted by Crippen LogP contribution is 2.35. The number of piperidine rings is 1. The second kappa shape index (κ2) is 7.30. The maximum atomic E-state index is 13.2. The van der Waals surface area contributed by atoms with Gasteiger partial charge in [-0.2, -0.15) is 10.2 Å². The Morgan fingerprint density at radius 1 is 1.06 bits per heavy atom. The highest BCUT2D eigenvalue weighted by Gasteiger charge is 2.22. The SMILES string of the molecule is Cn1cc(-c2ncnc3[nH]cc(-c4ccn5ncc(C(=O)N6CCCCC6)c5c4)c23)cn1. The molecule has 0 unspecified atom stereocenters. The molecule has 0 saturated carbocycles. The van der Waals surface area contributed by atoms with Crippen LogP contribution in [-0.4, -0.2) is 58.2 Å². The van der Waals surface area contributed by atoms with Gasteiger partial charge in [0, 0.05) is 49.9 Å². The summed E-state index contributed by atoms with van der Waals surface area (Å²) in [5.41, 5.74) is 5.87. The molecule has 0 spiro atoms. The van der Waals surface area contributed by atoms with Crippen molar-refractivity contribution in [2.45, 2.75) is 19.3 Å². The minimum absolute atomic E-state index is 0.0511. The molecule has 9 heteroatoms. The second-order valence-corrected chi connectivity index (χ2v) is 8.21. The molecule has 0 aliphatic carbocycles. The number of carbonyl (C=O) groups is 1. The van der Waals surface area contributed by atoms with Gasteiger partial charge in [0.15, 0.2) is 0 Å². The van der Waals surface area contributed by atoms with E-state index < -0.39 is 0 Å². The van der Waals surface area contributed by atoms with Crippen molar-refractivity contribution >= 4 is 22.5 Å². The molecule has 0 bridgehead atoms. The number of hydrogen-bond acceptors (Lipinski definition) is 5. The first-order chi connectivity index (χ1) is 15.7. The Morgan fingerprint density at radius 3 is 2.75 bits per heavy atom. The molecule has 1 N–H and O–H groups in total. The minimum Gasteiger partial charge on any atom is -0.345 e. The molecule has 1 fully saturated rings. The van der Waals surface area contributed by atoms with Crippen LogP contribution in [-0.2, 0) is 7.05 Å². The van der Waals surface area contributed by atoms with Gasteiger partial charge in [0.1, 0.15) is 12.0 Å². The third kappa shape index (κ3) is 2.96. The average Bonchev–Trinajstić information content (AvgIpc) is 3.56. The number of amides is 1. The number of nitrogens with one attached hydrogen (secondary N) is 1. The van der Waals surface area contributed by atoms with E-state index in [0.717, 1.165) is 64.9 Å². The largest absolute Gasteiger partial charge is 0.345 e. The van der Waals surface area contributed by atoms with Crippen molar-refractivity contribution in [3.05, 3.63) is 55.0 Å². The van der Waals surface area contributed by atoms with Gasteiger partial charge in [0.2, 0.25) is 0 Å². The number of likely N-dealkylation sites (tertiary alicyclic amines) is 1. The molecule has 5 aromatic heterocycles. The van der Waals surface area contributed by atoms with E-state index in [1.54, 1.807) is 27.9 Å². The lowest BCUT2D eigenvalue weighted by Gasteiger charge is -2.26. The summed E-state index contributed by atoms with van der Waals surface area (Å²) >= 11 is 0. The highest BCUT2D eigenvalue weighted by atomic mass is 16.2. The van der Waals surface area contributed by atoms with Crippen molar-refractivity contribution in [1.82, 2.24) is 39.2 Å². The second-order valence-electron chi connectivity index (χ2n) is 8.21. The fourth-order valence-electron chi connectivity index (χ4n) is 4.53. The van der Waals surface area contributed by atoms with Gasteiger partial charge in [-0.15, -0.1) is 0 Å². The number of carbonyl (C=O) groups excluding carboxylic acids is 1. The van der Waals surface area contributed by atoms with Crippen LogP contribution in [0.15, 0.2) is 49.4 Å². The molecule has 9 nitrogen and oxygen atoms in total. The normalized spacial score (nSPS) is 14.5. The minimum atomic E-state index is 0.0511. The Morgan fingerprint density at radius 2 is 1.94 bits per heavy atom. The monoisotopic (exact) mass is 426 g/mol. The van der Waals surface area contributed by atoms with Crippen molar-refractivity contribution in [2.75, 3.05) is 13.1 Å². The zero-order valence-electron chi connectivity index (χ0n) is 17.7. The van der Waals surface area contributed by atoms with Gasteiger partial charge in [-0.05, 0) is 37.0 Å². The molecule has 1 aliphatic rings. The third-order valence-electron chi connectivity index (χ3n) is 6.15. The first kappa shape index (κ1) is 18.7. The number of fused-ring (bicyclic) bond motifs is 2. The molecule has 6 heterocycles. The summed E-state index contributed by atoms with van der Waals surface area (Å²) in [6, 6.07) is 4.02. The van der Waals surface area contributed by atoms with Crippen LogP contribution < -0.4 is 0 Å². The molecule has 160 valence electrons. The molecule has 5 aromatic rings. The molecule has 0 atom stereocenters. The quantitative estimate of drug-likeness (QED) is 0.477. The number of H-pyrrole nitrogens is 1. The number of nitrogens with zero attached hydrogens (tertiary/aromatic N) is 7. The lowest BCUT2D eigenvalue weighted by Crippen LogP contribution is -2.35. The Hall–Kier alpha value is -4.01. The van der Waals surface area contributed by atoms with Gasteiger partial charge in [0.05, 0.1) is 34.6 Å². The first-order valence-corrected chi connectivity index (χ1v) is 10.8. The van der Waals surface area contributed by atoms with Gasteiger partial charge < -0.3 is 9.88 Å².